The molecule has 0 radical (unpaired) electrons. The maximum absolute atomic E-state index is 3.73. The van der Waals surface area contributed by atoms with Crippen molar-refractivity contribution in [3.8, 4) is 0 Å². The molecule has 19 heavy (non-hydrogen) atoms. The lowest BCUT2D eigenvalue weighted by Gasteiger charge is -2.52. The molecule has 4 heteroatoms. The van der Waals surface area contributed by atoms with Gasteiger partial charge in [-0.1, -0.05) is 13.8 Å². The standard InChI is InChI=1S/C15H25BrN2S/c1-5-15(6-2)10-17-14(3,4)11-18(15)9-13-12(16)7-8-19-13/h7-8,17H,5-6,9-11H2,1-4H3. The third-order valence-corrected chi connectivity index (χ3v) is 6.41. The fourth-order valence-electron chi connectivity index (χ4n) is 3.00. The Kier molecular flexibility index (Phi) is 4.76. The molecule has 1 aliphatic rings. The Bertz CT molecular complexity index is 424. The van der Waals surface area contributed by atoms with Gasteiger partial charge in [-0.3, -0.25) is 4.90 Å². The van der Waals surface area contributed by atoms with E-state index >= 15 is 0 Å². The number of piperazine rings is 1. The molecule has 1 aromatic rings. The molecule has 0 saturated carbocycles. The minimum Gasteiger partial charge on any atom is -0.309 e. The van der Waals surface area contributed by atoms with E-state index in [1.807, 2.05) is 11.3 Å². The first-order chi connectivity index (χ1) is 8.92. The summed E-state index contributed by atoms with van der Waals surface area (Å²) in [6, 6.07) is 2.16. The minimum absolute atomic E-state index is 0.206. The summed E-state index contributed by atoms with van der Waals surface area (Å²) < 4.78 is 1.26. The van der Waals surface area contributed by atoms with Gasteiger partial charge in [0.05, 0.1) is 0 Å². The maximum Gasteiger partial charge on any atom is 0.0346 e. The largest absolute Gasteiger partial charge is 0.309 e. The molecule has 0 bridgehead atoms. The van der Waals surface area contributed by atoms with Gasteiger partial charge in [-0.2, -0.15) is 0 Å². The SMILES string of the molecule is CCC1(CC)CNC(C)(C)CN1Cc1sccc1Br. The highest BCUT2D eigenvalue weighted by molar-refractivity contribution is 9.10. The predicted octanol–water partition coefficient (Wildman–Crippen LogP) is 4.25. The summed E-state index contributed by atoms with van der Waals surface area (Å²) in [5.41, 5.74) is 0.510. The van der Waals surface area contributed by atoms with E-state index in [4.69, 9.17) is 0 Å². The van der Waals surface area contributed by atoms with Gasteiger partial charge in [0.15, 0.2) is 0 Å². The zero-order chi connectivity index (χ0) is 14.1. The second kappa shape index (κ2) is 5.84. The molecule has 0 aliphatic carbocycles. The molecule has 0 unspecified atom stereocenters. The fraction of sp³-hybridized carbons (Fsp3) is 0.733. The Hall–Kier alpha value is 0.100. The topological polar surface area (TPSA) is 15.3 Å². The molecule has 1 fully saturated rings. The maximum atomic E-state index is 3.73. The van der Waals surface area contributed by atoms with Crippen LogP contribution in [0.4, 0.5) is 0 Å². The molecule has 1 aromatic heterocycles. The van der Waals surface area contributed by atoms with Gasteiger partial charge in [-0.25, -0.2) is 0 Å². The summed E-state index contributed by atoms with van der Waals surface area (Å²) in [5.74, 6) is 0. The van der Waals surface area contributed by atoms with Crippen LogP contribution in [0.15, 0.2) is 15.9 Å². The van der Waals surface area contributed by atoms with Crippen molar-refractivity contribution < 1.29 is 0 Å². The minimum atomic E-state index is 0.206. The van der Waals surface area contributed by atoms with Gasteiger partial charge < -0.3 is 5.32 Å². The average molecular weight is 345 g/mol. The molecule has 0 spiro atoms. The zero-order valence-electron chi connectivity index (χ0n) is 12.4. The highest BCUT2D eigenvalue weighted by Gasteiger charge is 2.41. The van der Waals surface area contributed by atoms with Crippen LogP contribution in [0.3, 0.4) is 0 Å². The van der Waals surface area contributed by atoms with E-state index in [2.05, 4.69) is 65.3 Å². The number of nitrogens with zero attached hydrogens (tertiary/aromatic N) is 1. The number of rotatable bonds is 4. The van der Waals surface area contributed by atoms with E-state index in [1.54, 1.807) is 0 Å². The van der Waals surface area contributed by atoms with Crippen molar-refractivity contribution in [1.29, 1.82) is 0 Å². The van der Waals surface area contributed by atoms with Crippen LogP contribution < -0.4 is 5.32 Å². The van der Waals surface area contributed by atoms with E-state index in [1.165, 1.54) is 22.2 Å². The van der Waals surface area contributed by atoms with Crippen LogP contribution >= 0.6 is 27.3 Å². The number of hydrogen-bond donors (Lipinski definition) is 1. The first kappa shape index (κ1) is 15.5. The monoisotopic (exact) mass is 344 g/mol. The van der Waals surface area contributed by atoms with Crippen molar-refractivity contribution in [3.63, 3.8) is 0 Å². The average Bonchev–Trinajstić information content (AvgIpc) is 2.76. The number of nitrogens with one attached hydrogen (secondary N) is 1. The summed E-state index contributed by atoms with van der Waals surface area (Å²) in [5, 5.41) is 5.90. The molecule has 0 atom stereocenters. The lowest BCUT2D eigenvalue weighted by molar-refractivity contribution is 0.00294. The Balaban J connectivity index is 2.23. The summed E-state index contributed by atoms with van der Waals surface area (Å²) >= 11 is 5.53. The first-order valence-electron chi connectivity index (χ1n) is 7.14. The molecule has 2 heterocycles. The number of halogens is 1. The molecule has 1 saturated heterocycles. The smallest absolute Gasteiger partial charge is 0.0346 e. The molecule has 2 nitrogen and oxygen atoms in total. The van der Waals surface area contributed by atoms with Gasteiger partial charge in [-0.15, -0.1) is 11.3 Å². The summed E-state index contributed by atoms with van der Waals surface area (Å²) in [6.45, 7) is 12.5. The predicted molar refractivity (Wildman–Crippen MR) is 87.8 cm³/mol. The van der Waals surface area contributed by atoms with Gasteiger partial charge in [0.25, 0.3) is 0 Å². The molecule has 0 amide bonds. The van der Waals surface area contributed by atoms with Crippen LogP contribution in [-0.2, 0) is 6.54 Å². The van der Waals surface area contributed by atoms with E-state index in [0.29, 0.717) is 5.54 Å². The quantitative estimate of drug-likeness (QED) is 0.877. The van der Waals surface area contributed by atoms with E-state index < -0.39 is 0 Å². The summed E-state index contributed by atoms with van der Waals surface area (Å²) in [4.78, 5) is 4.14. The number of thiophene rings is 1. The molecule has 0 aromatic carbocycles. The molecule has 1 N–H and O–H groups in total. The Morgan fingerprint density at radius 2 is 2.05 bits per heavy atom. The fourth-order valence-corrected chi connectivity index (χ4v) is 4.49. The molecule has 1 aliphatic heterocycles. The third kappa shape index (κ3) is 3.23. The van der Waals surface area contributed by atoms with Crippen LogP contribution in [0.25, 0.3) is 0 Å². The Morgan fingerprint density at radius 1 is 1.37 bits per heavy atom. The van der Waals surface area contributed by atoms with Crippen LogP contribution in [-0.4, -0.2) is 29.1 Å². The van der Waals surface area contributed by atoms with Crippen molar-refractivity contribution in [1.82, 2.24) is 10.2 Å². The Morgan fingerprint density at radius 3 is 2.58 bits per heavy atom. The lowest BCUT2D eigenvalue weighted by atomic mass is 9.84. The zero-order valence-corrected chi connectivity index (χ0v) is 14.8. The van der Waals surface area contributed by atoms with Gasteiger partial charge in [0.2, 0.25) is 0 Å². The van der Waals surface area contributed by atoms with Crippen molar-refractivity contribution >= 4 is 27.3 Å². The van der Waals surface area contributed by atoms with E-state index in [9.17, 15) is 0 Å². The van der Waals surface area contributed by atoms with Gasteiger partial charge >= 0.3 is 0 Å². The number of hydrogen-bond acceptors (Lipinski definition) is 3. The molecular weight excluding hydrogens is 320 g/mol. The normalized spacial score (nSPS) is 22.6. The molecular formula is C15H25BrN2S. The van der Waals surface area contributed by atoms with Crippen molar-refractivity contribution in [3.05, 3.63) is 20.8 Å². The van der Waals surface area contributed by atoms with Crippen molar-refractivity contribution in [2.75, 3.05) is 13.1 Å². The molecule has 2 rings (SSSR count). The third-order valence-electron chi connectivity index (χ3n) is 4.49. The van der Waals surface area contributed by atoms with E-state index in [-0.39, 0.29) is 5.54 Å². The van der Waals surface area contributed by atoms with Crippen LogP contribution in [0, 0.1) is 0 Å². The Labute approximate surface area is 129 Å². The highest BCUT2D eigenvalue weighted by atomic mass is 79.9. The second-order valence-corrected chi connectivity index (χ2v) is 8.07. The van der Waals surface area contributed by atoms with Gasteiger partial charge in [-0.05, 0) is 54.1 Å². The summed E-state index contributed by atoms with van der Waals surface area (Å²) in [6.07, 6.45) is 2.41. The van der Waals surface area contributed by atoms with E-state index in [0.717, 1.165) is 19.6 Å². The van der Waals surface area contributed by atoms with Crippen LogP contribution in [0.5, 0.6) is 0 Å². The van der Waals surface area contributed by atoms with Crippen molar-refractivity contribution in [2.24, 2.45) is 0 Å². The summed E-state index contributed by atoms with van der Waals surface area (Å²) in [7, 11) is 0. The van der Waals surface area contributed by atoms with Gasteiger partial charge in [0.1, 0.15) is 0 Å². The lowest BCUT2D eigenvalue weighted by Crippen LogP contribution is -2.67. The first-order valence-corrected chi connectivity index (χ1v) is 8.82. The highest BCUT2D eigenvalue weighted by Crippen LogP contribution is 2.34. The van der Waals surface area contributed by atoms with Crippen LogP contribution in [0.1, 0.15) is 45.4 Å². The van der Waals surface area contributed by atoms with Crippen LogP contribution in [0.2, 0.25) is 0 Å². The molecule has 108 valence electrons. The van der Waals surface area contributed by atoms with Gasteiger partial charge in [0, 0.05) is 40.1 Å². The van der Waals surface area contributed by atoms with Crippen molar-refractivity contribution in [2.45, 2.75) is 58.2 Å². The second-order valence-electron chi connectivity index (χ2n) is 6.22.